The highest BCUT2D eigenvalue weighted by atomic mass is 16.5. The van der Waals surface area contributed by atoms with Crippen LogP contribution in [0, 0.1) is 5.92 Å². The van der Waals surface area contributed by atoms with Crippen molar-refractivity contribution < 1.29 is 4.74 Å². The van der Waals surface area contributed by atoms with Crippen LogP contribution in [0.4, 0.5) is 5.69 Å². The molecule has 100 valence electrons. The molecule has 3 nitrogen and oxygen atoms in total. The SMILES string of the molecule is COCC1CCN(c2ccc(CC(C)N)cc2)C1. The van der Waals surface area contributed by atoms with Gasteiger partial charge in [-0.25, -0.2) is 0 Å². The Balaban J connectivity index is 1.94. The first-order chi connectivity index (χ1) is 8.69. The highest BCUT2D eigenvalue weighted by Crippen LogP contribution is 2.24. The van der Waals surface area contributed by atoms with Crippen molar-refractivity contribution in [3.63, 3.8) is 0 Å². The van der Waals surface area contributed by atoms with Crippen LogP contribution in [-0.2, 0) is 11.2 Å². The van der Waals surface area contributed by atoms with E-state index in [9.17, 15) is 0 Å². The first-order valence-corrected chi connectivity index (χ1v) is 6.77. The Morgan fingerprint density at radius 3 is 2.72 bits per heavy atom. The molecule has 0 bridgehead atoms. The monoisotopic (exact) mass is 248 g/mol. The third-order valence-electron chi connectivity index (χ3n) is 3.55. The van der Waals surface area contributed by atoms with E-state index in [2.05, 4.69) is 29.2 Å². The Morgan fingerprint density at radius 1 is 1.39 bits per heavy atom. The Morgan fingerprint density at radius 2 is 2.11 bits per heavy atom. The molecule has 18 heavy (non-hydrogen) atoms. The van der Waals surface area contributed by atoms with Crippen LogP contribution >= 0.6 is 0 Å². The molecule has 0 aliphatic carbocycles. The lowest BCUT2D eigenvalue weighted by atomic mass is 10.1. The molecule has 1 aliphatic rings. The summed E-state index contributed by atoms with van der Waals surface area (Å²) in [5.74, 6) is 0.679. The van der Waals surface area contributed by atoms with Crippen LogP contribution in [0.2, 0.25) is 0 Å². The Kier molecular flexibility index (Phi) is 4.61. The van der Waals surface area contributed by atoms with Crippen LogP contribution < -0.4 is 10.6 Å². The molecule has 0 saturated carbocycles. The van der Waals surface area contributed by atoms with E-state index in [1.807, 2.05) is 6.92 Å². The first kappa shape index (κ1) is 13.4. The van der Waals surface area contributed by atoms with Gasteiger partial charge in [-0.05, 0) is 37.5 Å². The van der Waals surface area contributed by atoms with Gasteiger partial charge in [-0.1, -0.05) is 12.1 Å². The molecule has 2 unspecified atom stereocenters. The second-order valence-corrected chi connectivity index (χ2v) is 5.40. The molecule has 1 fully saturated rings. The van der Waals surface area contributed by atoms with Crippen molar-refractivity contribution in [2.24, 2.45) is 11.7 Å². The lowest BCUT2D eigenvalue weighted by molar-refractivity contribution is 0.161. The van der Waals surface area contributed by atoms with Crippen LogP contribution in [0.25, 0.3) is 0 Å². The summed E-state index contributed by atoms with van der Waals surface area (Å²) in [6.45, 7) is 5.17. The number of rotatable bonds is 5. The molecule has 0 spiro atoms. The number of benzene rings is 1. The zero-order valence-electron chi connectivity index (χ0n) is 11.4. The molecular formula is C15H24N2O. The molecule has 0 aromatic heterocycles. The van der Waals surface area contributed by atoms with Crippen molar-refractivity contribution in [3.05, 3.63) is 29.8 Å². The third kappa shape index (κ3) is 3.47. The Bertz CT molecular complexity index is 361. The number of hydrogen-bond acceptors (Lipinski definition) is 3. The van der Waals surface area contributed by atoms with Crippen LogP contribution in [0.1, 0.15) is 18.9 Å². The van der Waals surface area contributed by atoms with Gasteiger partial charge in [0.05, 0.1) is 6.61 Å². The second-order valence-electron chi connectivity index (χ2n) is 5.40. The van der Waals surface area contributed by atoms with Crippen molar-refractivity contribution >= 4 is 5.69 Å². The van der Waals surface area contributed by atoms with Gasteiger partial charge in [-0.15, -0.1) is 0 Å². The first-order valence-electron chi connectivity index (χ1n) is 6.77. The number of ether oxygens (including phenoxy) is 1. The number of nitrogens with two attached hydrogens (primary N) is 1. The molecule has 0 radical (unpaired) electrons. The predicted octanol–water partition coefficient (Wildman–Crippen LogP) is 2.05. The fourth-order valence-corrected chi connectivity index (χ4v) is 2.65. The van der Waals surface area contributed by atoms with Crippen LogP contribution in [0.5, 0.6) is 0 Å². The smallest absolute Gasteiger partial charge is 0.0508 e. The minimum atomic E-state index is 0.230. The molecule has 2 atom stereocenters. The van der Waals surface area contributed by atoms with E-state index in [0.717, 1.165) is 26.1 Å². The van der Waals surface area contributed by atoms with E-state index in [-0.39, 0.29) is 6.04 Å². The normalized spacial score (nSPS) is 21.3. The summed E-state index contributed by atoms with van der Waals surface area (Å²) in [6, 6.07) is 9.05. The summed E-state index contributed by atoms with van der Waals surface area (Å²) >= 11 is 0. The van der Waals surface area contributed by atoms with Gasteiger partial charge < -0.3 is 15.4 Å². The molecule has 1 heterocycles. The average Bonchev–Trinajstić information content (AvgIpc) is 2.78. The molecule has 0 amide bonds. The maximum Gasteiger partial charge on any atom is 0.0508 e. The molecule has 2 N–H and O–H groups in total. The van der Waals surface area contributed by atoms with E-state index in [1.54, 1.807) is 7.11 Å². The topological polar surface area (TPSA) is 38.5 Å². The van der Waals surface area contributed by atoms with E-state index in [4.69, 9.17) is 10.5 Å². The van der Waals surface area contributed by atoms with E-state index in [1.165, 1.54) is 17.7 Å². The number of anilines is 1. The Hall–Kier alpha value is -1.06. The summed E-state index contributed by atoms with van der Waals surface area (Å²) in [6.07, 6.45) is 2.18. The minimum Gasteiger partial charge on any atom is -0.384 e. The largest absolute Gasteiger partial charge is 0.384 e. The number of nitrogens with zero attached hydrogens (tertiary/aromatic N) is 1. The van der Waals surface area contributed by atoms with Crippen LogP contribution in [0.15, 0.2) is 24.3 Å². The summed E-state index contributed by atoms with van der Waals surface area (Å²) in [7, 11) is 1.78. The second kappa shape index (κ2) is 6.21. The van der Waals surface area contributed by atoms with Gasteiger partial charge in [0, 0.05) is 37.8 Å². The van der Waals surface area contributed by atoms with Gasteiger partial charge in [-0.3, -0.25) is 0 Å². The number of methoxy groups -OCH3 is 1. The molecule has 1 aliphatic heterocycles. The van der Waals surface area contributed by atoms with Crippen LogP contribution in [0.3, 0.4) is 0 Å². The molecule has 3 heteroatoms. The van der Waals surface area contributed by atoms with Gasteiger partial charge >= 0.3 is 0 Å². The van der Waals surface area contributed by atoms with Gasteiger partial charge in [-0.2, -0.15) is 0 Å². The summed E-state index contributed by atoms with van der Waals surface area (Å²) in [5, 5.41) is 0. The Labute approximate surface area is 110 Å². The fourth-order valence-electron chi connectivity index (χ4n) is 2.65. The van der Waals surface area contributed by atoms with Crippen molar-refractivity contribution in [2.75, 3.05) is 31.7 Å². The summed E-state index contributed by atoms with van der Waals surface area (Å²) < 4.78 is 5.23. The molecule has 1 saturated heterocycles. The fraction of sp³-hybridized carbons (Fsp3) is 0.600. The third-order valence-corrected chi connectivity index (χ3v) is 3.55. The van der Waals surface area contributed by atoms with Gasteiger partial charge in [0.15, 0.2) is 0 Å². The quantitative estimate of drug-likeness (QED) is 0.866. The highest BCUT2D eigenvalue weighted by Gasteiger charge is 2.22. The van der Waals surface area contributed by atoms with Gasteiger partial charge in [0.1, 0.15) is 0 Å². The van der Waals surface area contributed by atoms with Gasteiger partial charge in [0.2, 0.25) is 0 Å². The van der Waals surface area contributed by atoms with Crippen molar-refractivity contribution in [1.82, 2.24) is 0 Å². The van der Waals surface area contributed by atoms with E-state index < -0.39 is 0 Å². The van der Waals surface area contributed by atoms with Crippen molar-refractivity contribution in [1.29, 1.82) is 0 Å². The molecule has 1 aromatic carbocycles. The van der Waals surface area contributed by atoms with Gasteiger partial charge in [0.25, 0.3) is 0 Å². The van der Waals surface area contributed by atoms with E-state index in [0.29, 0.717) is 5.92 Å². The maximum absolute atomic E-state index is 5.81. The van der Waals surface area contributed by atoms with E-state index >= 15 is 0 Å². The minimum absolute atomic E-state index is 0.230. The van der Waals surface area contributed by atoms with Crippen LogP contribution in [-0.4, -0.2) is 32.8 Å². The predicted molar refractivity (Wildman–Crippen MR) is 76.0 cm³/mol. The summed E-state index contributed by atoms with van der Waals surface area (Å²) in [4.78, 5) is 2.44. The maximum atomic E-state index is 5.81. The lowest BCUT2D eigenvalue weighted by Gasteiger charge is -2.19. The molecule has 2 rings (SSSR count). The zero-order chi connectivity index (χ0) is 13.0. The lowest BCUT2D eigenvalue weighted by Crippen LogP contribution is -2.21. The van der Waals surface area contributed by atoms with Crippen molar-refractivity contribution in [2.45, 2.75) is 25.8 Å². The highest BCUT2D eigenvalue weighted by molar-refractivity contribution is 5.48. The standard InChI is InChI=1S/C15H24N2O/c1-12(16)9-13-3-5-15(6-4-13)17-8-7-14(10-17)11-18-2/h3-6,12,14H,7-11,16H2,1-2H3. The molecular weight excluding hydrogens is 224 g/mol. The molecule has 1 aromatic rings. The zero-order valence-corrected chi connectivity index (χ0v) is 11.4. The van der Waals surface area contributed by atoms with Crippen molar-refractivity contribution in [3.8, 4) is 0 Å². The summed E-state index contributed by atoms with van der Waals surface area (Å²) in [5.41, 5.74) is 8.45. The average molecular weight is 248 g/mol. The number of hydrogen-bond donors (Lipinski definition) is 1.